The molecule has 0 aliphatic heterocycles. The molecule has 9 nitrogen and oxygen atoms in total. The van der Waals surface area contributed by atoms with E-state index in [9.17, 15) is 20.0 Å². The third kappa shape index (κ3) is 2.30. The highest BCUT2D eigenvalue weighted by Gasteiger charge is 2.19. The van der Waals surface area contributed by atoms with Crippen LogP contribution in [0.15, 0.2) is 41.0 Å². The largest absolute Gasteiger partial charge is 0.545 e. The number of carboxylic acids is 1. The normalized spacial score (nSPS) is 10.5. The van der Waals surface area contributed by atoms with Gasteiger partial charge in [-0.2, -0.15) is 0 Å². The minimum absolute atomic E-state index is 0.0290. The number of aromatic nitrogens is 2. The third-order valence-corrected chi connectivity index (χ3v) is 2.99. The van der Waals surface area contributed by atoms with E-state index in [1.807, 2.05) is 0 Å². The predicted octanol–water partition coefficient (Wildman–Crippen LogP) is 1.24. The van der Waals surface area contributed by atoms with Gasteiger partial charge in [-0.05, 0) is 34.1 Å². The number of nitrogens with zero attached hydrogens (tertiary/aromatic N) is 3. The zero-order chi connectivity index (χ0) is 15.7. The van der Waals surface area contributed by atoms with Gasteiger partial charge in [0.25, 0.3) is 0 Å². The Morgan fingerprint density at radius 1 is 1.09 bits per heavy atom. The van der Waals surface area contributed by atoms with Gasteiger partial charge in [-0.15, -0.1) is 0 Å². The molecule has 22 heavy (non-hydrogen) atoms. The van der Waals surface area contributed by atoms with Crippen molar-refractivity contribution in [2.75, 3.05) is 5.32 Å². The maximum absolute atomic E-state index is 10.9. The summed E-state index contributed by atoms with van der Waals surface area (Å²) in [6.07, 6.45) is 0. The lowest BCUT2D eigenvalue weighted by Gasteiger charge is -2.08. The number of hydrogen-bond donors (Lipinski definition) is 1. The molecule has 1 aromatic heterocycles. The second kappa shape index (κ2) is 5.13. The van der Waals surface area contributed by atoms with E-state index in [4.69, 9.17) is 0 Å². The molecule has 1 heterocycles. The molecule has 0 saturated heterocycles. The number of carboxylic acid groups (broad SMARTS) is 1. The number of anilines is 2. The van der Waals surface area contributed by atoms with Gasteiger partial charge in [0, 0.05) is 11.8 Å². The molecule has 0 saturated carbocycles. The van der Waals surface area contributed by atoms with Gasteiger partial charge in [0.15, 0.2) is 5.52 Å². The number of nitro benzene ring substituents is 1. The Bertz CT molecular complexity index is 872. The van der Waals surface area contributed by atoms with Gasteiger partial charge in [0.2, 0.25) is 5.52 Å². The van der Waals surface area contributed by atoms with Crippen molar-refractivity contribution in [2.45, 2.75) is 0 Å². The molecule has 0 atom stereocenters. The molecule has 0 radical (unpaired) electrons. The SMILES string of the molecule is O=C([O-])c1ccc(Nc2ccc([N+](=O)[O-])c3nonc23)cc1. The second-order valence-electron chi connectivity index (χ2n) is 4.34. The van der Waals surface area contributed by atoms with Crippen LogP contribution in [0.25, 0.3) is 11.0 Å². The van der Waals surface area contributed by atoms with Crippen molar-refractivity contribution in [1.82, 2.24) is 10.3 Å². The highest BCUT2D eigenvalue weighted by Crippen LogP contribution is 2.30. The van der Waals surface area contributed by atoms with Gasteiger partial charge in [-0.1, -0.05) is 12.1 Å². The number of nitro groups is 1. The topological polar surface area (TPSA) is 134 Å². The Morgan fingerprint density at radius 2 is 1.77 bits per heavy atom. The lowest BCUT2D eigenvalue weighted by molar-refractivity contribution is -0.383. The van der Waals surface area contributed by atoms with Crippen molar-refractivity contribution in [2.24, 2.45) is 0 Å². The molecule has 9 heteroatoms. The van der Waals surface area contributed by atoms with Gasteiger partial charge < -0.3 is 15.2 Å². The highest BCUT2D eigenvalue weighted by molar-refractivity contribution is 5.95. The van der Waals surface area contributed by atoms with Crippen molar-refractivity contribution in [1.29, 1.82) is 0 Å². The summed E-state index contributed by atoms with van der Waals surface area (Å²) in [4.78, 5) is 21.0. The summed E-state index contributed by atoms with van der Waals surface area (Å²) in [6.45, 7) is 0. The van der Waals surface area contributed by atoms with Gasteiger partial charge in [-0.25, -0.2) is 4.63 Å². The third-order valence-electron chi connectivity index (χ3n) is 2.99. The summed E-state index contributed by atoms with van der Waals surface area (Å²) in [5.74, 6) is -1.27. The Labute approximate surface area is 122 Å². The maximum atomic E-state index is 10.9. The summed E-state index contributed by atoms with van der Waals surface area (Å²) in [6, 6.07) is 8.57. The van der Waals surface area contributed by atoms with Crippen LogP contribution < -0.4 is 10.4 Å². The molecule has 0 aliphatic rings. The fourth-order valence-electron chi connectivity index (χ4n) is 1.95. The number of aromatic carboxylic acids is 1. The van der Waals surface area contributed by atoms with E-state index in [2.05, 4.69) is 20.3 Å². The summed E-state index contributed by atoms with van der Waals surface area (Å²) in [7, 11) is 0. The Kier molecular flexibility index (Phi) is 3.14. The first-order chi connectivity index (χ1) is 10.6. The van der Waals surface area contributed by atoms with Crippen molar-refractivity contribution in [3.05, 3.63) is 52.1 Å². The zero-order valence-electron chi connectivity index (χ0n) is 10.8. The van der Waals surface area contributed by atoms with E-state index >= 15 is 0 Å². The van der Waals surface area contributed by atoms with E-state index in [1.54, 1.807) is 0 Å². The number of fused-ring (bicyclic) bond motifs is 1. The van der Waals surface area contributed by atoms with Gasteiger partial charge in [0.05, 0.1) is 16.6 Å². The highest BCUT2D eigenvalue weighted by atomic mass is 16.6. The number of benzene rings is 2. The van der Waals surface area contributed by atoms with Crippen LogP contribution in [0.2, 0.25) is 0 Å². The Balaban J connectivity index is 1.97. The molecule has 0 fully saturated rings. The number of rotatable bonds is 4. The fraction of sp³-hybridized carbons (Fsp3) is 0. The van der Waals surface area contributed by atoms with E-state index in [-0.39, 0.29) is 22.3 Å². The molecule has 0 unspecified atom stereocenters. The van der Waals surface area contributed by atoms with Crippen LogP contribution in [0.5, 0.6) is 0 Å². The smallest absolute Gasteiger partial charge is 0.300 e. The molecule has 0 spiro atoms. The first kappa shape index (κ1) is 13.5. The van der Waals surface area contributed by atoms with Crippen LogP contribution in [-0.2, 0) is 0 Å². The molecular weight excluding hydrogens is 292 g/mol. The van der Waals surface area contributed by atoms with Crippen molar-refractivity contribution in [3.8, 4) is 0 Å². The average Bonchev–Trinajstić information content (AvgIpc) is 2.97. The summed E-state index contributed by atoms with van der Waals surface area (Å²) in [5, 5.41) is 31.7. The average molecular weight is 299 g/mol. The van der Waals surface area contributed by atoms with Crippen molar-refractivity contribution < 1.29 is 19.5 Å². The Morgan fingerprint density at radius 3 is 2.41 bits per heavy atom. The van der Waals surface area contributed by atoms with E-state index in [1.165, 1.54) is 36.4 Å². The predicted molar refractivity (Wildman–Crippen MR) is 72.5 cm³/mol. The summed E-state index contributed by atoms with van der Waals surface area (Å²) < 4.78 is 4.55. The minimum Gasteiger partial charge on any atom is -0.545 e. The van der Waals surface area contributed by atoms with E-state index < -0.39 is 10.9 Å². The van der Waals surface area contributed by atoms with Gasteiger partial charge in [0.1, 0.15) is 0 Å². The second-order valence-corrected chi connectivity index (χ2v) is 4.34. The number of carbonyl (C=O) groups is 1. The van der Waals surface area contributed by atoms with Crippen LogP contribution in [-0.4, -0.2) is 21.2 Å². The number of nitrogens with one attached hydrogen (secondary N) is 1. The van der Waals surface area contributed by atoms with Gasteiger partial charge >= 0.3 is 5.69 Å². The van der Waals surface area contributed by atoms with Crippen LogP contribution in [0, 0.1) is 10.1 Å². The number of non-ortho nitro benzene ring substituents is 1. The lowest BCUT2D eigenvalue weighted by atomic mass is 10.2. The molecule has 3 aromatic rings. The molecule has 1 N–H and O–H groups in total. The lowest BCUT2D eigenvalue weighted by Crippen LogP contribution is -2.21. The minimum atomic E-state index is -1.27. The molecule has 110 valence electrons. The number of carbonyl (C=O) groups excluding carboxylic acids is 1. The van der Waals surface area contributed by atoms with Crippen LogP contribution in [0.3, 0.4) is 0 Å². The maximum Gasteiger partial charge on any atom is 0.300 e. The first-order valence-electron chi connectivity index (χ1n) is 6.04. The zero-order valence-corrected chi connectivity index (χ0v) is 10.8. The van der Waals surface area contributed by atoms with Crippen molar-refractivity contribution >= 4 is 34.1 Å². The monoisotopic (exact) mass is 299 g/mol. The molecule has 0 amide bonds. The molecular formula is C13H7N4O5-. The van der Waals surface area contributed by atoms with E-state index in [0.29, 0.717) is 11.4 Å². The van der Waals surface area contributed by atoms with E-state index in [0.717, 1.165) is 0 Å². The molecule has 2 aromatic carbocycles. The standard InChI is InChI=1S/C13H8N4O5/c18-13(19)7-1-3-8(4-2-7)14-9-5-6-10(17(20)21)12-11(9)15-22-16-12/h1-6,14H,(H,18,19)/p-1. The van der Waals surface area contributed by atoms with Crippen LogP contribution in [0.4, 0.5) is 17.1 Å². The van der Waals surface area contributed by atoms with Crippen LogP contribution in [0.1, 0.15) is 10.4 Å². The quantitative estimate of drug-likeness (QED) is 0.561. The molecule has 3 rings (SSSR count). The van der Waals surface area contributed by atoms with Crippen LogP contribution >= 0.6 is 0 Å². The molecule has 0 bridgehead atoms. The first-order valence-corrected chi connectivity index (χ1v) is 6.04. The summed E-state index contributed by atoms with van der Waals surface area (Å²) >= 11 is 0. The summed E-state index contributed by atoms with van der Waals surface area (Å²) in [5.41, 5.74) is 1.09. The van der Waals surface area contributed by atoms with Gasteiger partial charge in [-0.3, -0.25) is 10.1 Å². The fourth-order valence-corrected chi connectivity index (χ4v) is 1.95. The van der Waals surface area contributed by atoms with Crippen molar-refractivity contribution in [3.63, 3.8) is 0 Å². The molecule has 0 aliphatic carbocycles. The Hall–Kier alpha value is -3.49. The number of hydrogen-bond acceptors (Lipinski definition) is 8.